The number of carbonyl (C=O) groups excluding carboxylic acids is 1. The number of imidazole rings is 1. The number of nitrogens with zero attached hydrogens (tertiary/aromatic N) is 5. The smallest absolute Gasteiger partial charge is 0.335 e. The van der Waals surface area contributed by atoms with E-state index < -0.39 is 12.1 Å². The maximum Gasteiger partial charge on any atom is 0.335 e. The second kappa shape index (κ2) is 7.55. The van der Waals surface area contributed by atoms with Crippen LogP contribution in [0.3, 0.4) is 0 Å². The van der Waals surface area contributed by atoms with Crippen molar-refractivity contribution in [3.8, 4) is 23.1 Å². The molecular formula is C18H15N5O3. The van der Waals surface area contributed by atoms with Gasteiger partial charge in [-0.3, -0.25) is 4.57 Å². The SMILES string of the molecule is COC(=O)C(O)Cc1cn(-c2ccc(-c3ccc(C#N)cc3)nn2)cn1. The molecular weight excluding hydrogens is 334 g/mol. The number of hydrogen-bond donors (Lipinski definition) is 1. The maximum atomic E-state index is 11.3. The maximum absolute atomic E-state index is 11.3. The third-order valence-corrected chi connectivity index (χ3v) is 3.74. The third-order valence-electron chi connectivity index (χ3n) is 3.74. The van der Waals surface area contributed by atoms with Crippen molar-refractivity contribution in [1.82, 2.24) is 19.7 Å². The fraction of sp³-hybridized carbons (Fsp3) is 0.167. The normalized spacial score (nSPS) is 11.6. The molecule has 0 fully saturated rings. The van der Waals surface area contributed by atoms with E-state index in [0.29, 0.717) is 22.8 Å². The Balaban J connectivity index is 1.74. The number of esters is 1. The molecule has 2 heterocycles. The van der Waals surface area contributed by atoms with Crippen LogP contribution >= 0.6 is 0 Å². The van der Waals surface area contributed by atoms with Crippen molar-refractivity contribution >= 4 is 5.97 Å². The Hall–Kier alpha value is -3.57. The summed E-state index contributed by atoms with van der Waals surface area (Å²) in [6.45, 7) is 0. The largest absolute Gasteiger partial charge is 0.467 e. The van der Waals surface area contributed by atoms with Gasteiger partial charge in [0.1, 0.15) is 6.33 Å². The highest BCUT2D eigenvalue weighted by molar-refractivity contribution is 5.74. The third kappa shape index (κ3) is 3.74. The van der Waals surface area contributed by atoms with Crippen LogP contribution in [0.2, 0.25) is 0 Å². The number of aromatic nitrogens is 4. The van der Waals surface area contributed by atoms with E-state index in [2.05, 4.69) is 26.0 Å². The molecule has 0 aliphatic carbocycles. The van der Waals surface area contributed by atoms with Gasteiger partial charge < -0.3 is 9.84 Å². The first-order chi connectivity index (χ1) is 12.6. The Morgan fingerprint density at radius 1 is 1.27 bits per heavy atom. The molecule has 26 heavy (non-hydrogen) atoms. The molecule has 8 heteroatoms. The molecule has 2 aromatic heterocycles. The zero-order valence-electron chi connectivity index (χ0n) is 13.9. The minimum Gasteiger partial charge on any atom is -0.467 e. The first-order valence-corrected chi connectivity index (χ1v) is 7.74. The lowest BCUT2D eigenvalue weighted by molar-refractivity contribution is -0.150. The number of benzene rings is 1. The number of rotatable bonds is 5. The van der Waals surface area contributed by atoms with Gasteiger partial charge in [0.2, 0.25) is 0 Å². The first-order valence-electron chi connectivity index (χ1n) is 7.74. The predicted molar refractivity (Wildman–Crippen MR) is 91.0 cm³/mol. The molecule has 0 spiro atoms. The minimum atomic E-state index is -1.26. The standard InChI is InChI=1S/C18H15N5O3/c1-26-18(25)16(24)8-14-10-23(11-20-14)17-7-6-15(21-22-17)13-4-2-12(9-19)3-5-13/h2-7,10-11,16,24H,8H2,1H3. The second-order valence-electron chi connectivity index (χ2n) is 5.48. The monoisotopic (exact) mass is 349 g/mol. The van der Waals surface area contributed by atoms with Crippen LogP contribution in [0.15, 0.2) is 48.9 Å². The van der Waals surface area contributed by atoms with Crippen LogP contribution in [-0.4, -0.2) is 44.0 Å². The van der Waals surface area contributed by atoms with E-state index in [-0.39, 0.29) is 6.42 Å². The fourth-order valence-electron chi connectivity index (χ4n) is 2.34. The highest BCUT2D eigenvalue weighted by Crippen LogP contribution is 2.17. The molecule has 1 N–H and O–H groups in total. The van der Waals surface area contributed by atoms with E-state index >= 15 is 0 Å². The summed E-state index contributed by atoms with van der Waals surface area (Å²) < 4.78 is 6.13. The topological polar surface area (TPSA) is 114 Å². The summed E-state index contributed by atoms with van der Waals surface area (Å²) in [6.07, 6.45) is 1.99. The van der Waals surface area contributed by atoms with Gasteiger partial charge in [-0.15, -0.1) is 10.2 Å². The number of aliphatic hydroxyl groups excluding tert-OH is 1. The molecule has 3 rings (SSSR count). The van der Waals surface area contributed by atoms with Crippen LogP contribution < -0.4 is 0 Å². The van der Waals surface area contributed by atoms with Crippen molar-refractivity contribution < 1.29 is 14.6 Å². The lowest BCUT2D eigenvalue weighted by Gasteiger charge is -2.05. The average molecular weight is 349 g/mol. The molecule has 0 radical (unpaired) electrons. The van der Waals surface area contributed by atoms with Crippen LogP contribution in [-0.2, 0) is 16.0 Å². The molecule has 0 saturated carbocycles. The van der Waals surface area contributed by atoms with Gasteiger partial charge in [-0.05, 0) is 24.3 Å². The first kappa shape index (κ1) is 17.3. The van der Waals surface area contributed by atoms with Crippen molar-refractivity contribution in [2.45, 2.75) is 12.5 Å². The summed E-state index contributed by atoms with van der Waals surface area (Å²) in [6, 6.07) is 12.7. The molecule has 0 bridgehead atoms. The minimum absolute atomic E-state index is 0.0520. The van der Waals surface area contributed by atoms with Crippen molar-refractivity contribution in [2.24, 2.45) is 0 Å². The summed E-state index contributed by atoms with van der Waals surface area (Å²) in [5, 5.41) is 26.9. The highest BCUT2D eigenvalue weighted by Gasteiger charge is 2.17. The van der Waals surface area contributed by atoms with Gasteiger partial charge in [0.25, 0.3) is 0 Å². The molecule has 3 aromatic rings. The van der Waals surface area contributed by atoms with E-state index in [1.54, 1.807) is 29.0 Å². The van der Waals surface area contributed by atoms with Crippen molar-refractivity contribution in [3.05, 3.63) is 60.2 Å². The number of carbonyl (C=O) groups is 1. The van der Waals surface area contributed by atoms with Gasteiger partial charge >= 0.3 is 5.97 Å². The molecule has 0 aliphatic rings. The average Bonchev–Trinajstić information content (AvgIpc) is 3.16. The van der Waals surface area contributed by atoms with Crippen LogP contribution in [0.1, 0.15) is 11.3 Å². The molecule has 0 amide bonds. The quantitative estimate of drug-likeness (QED) is 0.690. The molecule has 1 atom stereocenters. The van der Waals surface area contributed by atoms with E-state index in [9.17, 15) is 9.90 Å². The highest BCUT2D eigenvalue weighted by atomic mass is 16.5. The summed E-state index contributed by atoms with van der Waals surface area (Å²) >= 11 is 0. The van der Waals surface area contributed by atoms with Gasteiger partial charge in [-0.2, -0.15) is 5.26 Å². The lowest BCUT2D eigenvalue weighted by Crippen LogP contribution is -2.24. The molecule has 1 aromatic carbocycles. The summed E-state index contributed by atoms with van der Waals surface area (Å²) in [5.41, 5.74) is 2.65. The number of methoxy groups -OCH3 is 1. The zero-order valence-corrected chi connectivity index (χ0v) is 13.9. The Morgan fingerprint density at radius 3 is 2.65 bits per heavy atom. The number of aliphatic hydroxyl groups is 1. The molecule has 1 unspecified atom stereocenters. The van der Waals surface area contributed by atoms with Gasteiger partial charge in [-0.25, -0.2) is 9.78 Å². The second-order valence-corrected chi connectivity index (χ2v) is 5.48. The van der Waals surface area contributed by atoms with Crippen LogP contribution in [0.5, 0.6) is 0 Å². The summed E-state index contributed by atoms with van der Waals surface area (Å²) in [5.74, 6) is -0.153. The van der Waals surface area contributed by atoms with Crippen LogP contribution in [0.25, 0.3) is 17.1 Å². The van der Waals surface area contributed by atoms with Gasteiger partial charge in [0.15, 0.2) is 11.9 Å². The van der Waals surface area contributed by atoms with Crippen LogP contribution in [0, 0.1) is 11.3 Å². The van der Waals surface area contributed by atoms with E-state index in [0.717, 1.165) is 5.56 Å². The molecule has 0 aliphatic heterocycles. The van der Waals surface area contributed by atoms with Crippen molar-refractivity contribution in [2.75, 3.05) is 7.11 Å². The van der Waals surface area contributed by atoms with Gasteiger partial charge in [0, 0.05) is 18.2 Å². The van der Waals surface area contributed by atoms with Gasteiger partial charge in [0.05, 0.1) is 30.1 Å². The Morgan fingerprint density at radius 2 is 2.04 bits per heavy atom. The van der Waals surface area contributed by atoms with Crippen molar-refractivity contribution in [3.63, 3.8) is 0 Å². The summed E-state index contributed by atoms with van der Waals surface area (Å²) in [4.78, 5) is 15.4. The van der Waals surface area contributed by atoms with Crippen molar-refractivity contribution in [1.29, 1.82) is 5.26 Å². The number of ether oxygens (including phenoxy) is 1. The van der Waals surface area contributed by atoms with E-state index in [1.807, 2.05) is 18.2 Å². The molecule has 8 nitrogen and oxygen atoms in total. The van der Waals surface area contributed by atoms with Gasteiger partial charge in [-0.1, -0.05) is 12.1 Å². The summed E-state index contributed by atoms with van der Waals surface area (Å²) in [7, 11) is 1.22. The zero-order chi connectivity index (χ0) is 18.5. The molecule has 0 saturated heterocycles. The lowest BCUT2D eigenvalue weighted by atomic mass is 10.1. The molecule has 130 valence electrons. The Kier molecular flexibility index (Phi) is 5.01. The van der Waals surface area contributed by atoms with Crippen LogP contribution in [0.4, 0.5) is 0 Å². The number of nitriles is 1. The number of hydrogen-bond acceptors (Lipinski definition) is 7. The van der Waals surface area contributed by atoms with E-state index in [1.165, 1.54) is 13.4 Å². The Labute approximate surface area is 149 Å². The fourth-order valence-corrected chi connectivity index (χ4v) is 2.34. The predicted octanol–water partition coefficient (Wildman–Crippen LogP) is 1.28. The Bertz CT molecular complexity index is 942. The van der Waals surface area contributed by atoms with E-state index in [4.69, 9.17) is 5.26 Å².